The van der Waals surface area contributed by atoms with Gasteiger partial charge in [-0.15, -0.1) is 0 Å². The molecule has 3 unspecified atom stereocenters. The van der Waals surface area contributed by atoms with Gasteiger partial charge in [-0.3, -0.25) is 4.90 Å². The normalized spacial score (nSPS) is 31.3. The van der Waals surface area contributed by atoms with Crippen LogP contribution in [-0.2, 0) is 0 Å². The Balaban J connectivity index is 2.71. The van der Waals surface area contributed by atoms with Crippen LogP contribution in [0, 0.1) is 5.92 Å². The van der Waals surface area contributed by atoms with E-state index in [9.17, 15) is 0 Å². The van der Waals surface area contributed by atoms with Crippen molar-refractivity contribution in [3.8, 4) is 0 Å². The molecule has 0 aromatic carbocycles. The van der Waals surface area contributed by atoms with Crippen LogP contribution in [0.1, 0.15) is 72.1 Å². The van der Waals surface area contributed by atoms with Crippen LogP contribution in [0.5, 0.6) is 0 Å². The second-order valence-corrected chi connectivity index (χ2v) is 6.38. The van der Waals surface area contributed by atoms with Crippen LogP contribution in [0.3, 0.4) is 0 Å². The maximum atomic E-state index is 6.19. The van der Waals surface area contributed by atoms with Crippen molar-refractivity contribution in [2.45, 2.75) is 83.7 Å². The van der Waals surface area contributed by atoms with E-state index in [-0.39, 0.29) is 5.54 Å². The van der Waals surface area contributed by atoms with Gasteiger partial charge in [0.15, 0.2) is 0 Å². The highest BCUT2D eigenvalue weighted by atomic mass is 15.2. The number of hydrogen-bond acceptors (Lipinski definition) is 2. The zero-order valence-corrected chi connectivity index (χ0v) is 13.0. The molecule has 0 heterocycles. The lowest BCUT2D eigenvalue weighted by atomic mass is 9.86. The molecule has 108 valence electrons. The molecule has 1 rings (SSSR count). The molecule has 0 spiro atoms. The lowest BCUT2D eigenvalue weighted by Gasteiger charge is -2.44. The molecule has 1 aliphatic rings. The summed E-state index contributed by atoms with van der Waals surface area (Å²) in [6, 6.07) is 0.664. The molecule has 0 saturated heterocycles. The van der Waals surface area contributed by atoms with Gasteiger partial charge in [-0.25, -0.2) is 0 Å². The first-order valence-corrected chi connectivity index (χ1v) is 8.02. The molecule has 0 bridgehead atoms. The van der Waals surface area contributed by atoms with Crippen LogP contribution in [0.4, 0.5) is 0 Å². The Hall–Kier alpha value is -0.0800. The van der Waals surface area contributed by atoms with Crippen LogP contribution >= 0.6 is 0 Å². The molecule has 0 aromatic rings. The summed E-state index contributed by atoms with van der Waals surface area (Å²) in [7, 11) is 2.31. The SMILES string of the molecule is CCCC(C)N(C)C1(CN)CCCC(CC)CC1. The lowest BCUT2D eigenvalue weighted by molar-refractivity contribution is 0.0644. The van der Waals surface area contributed by atoms with E-state index in [4.69, 9.17) is 5.73 Å². The highest BCUT2D eigenvalue weighted by molar-refractivity contribution is 4.94. The summed E-state index contributed by atoms with van der Waals surface area (Å²) in [6.45, 7) is 7.81. The van der Waals surface area contributed by atoms with Gasteiger partial charge in [-0.1, -0.05) is 39.5 Å². The quantitative estimate of drug-likeness (QED) is 0.731. The Morgan fingerprint density at radius 1 is 1.28 bits per heavy atom. The van der Waals surface area contributed by atoms with Crippen molar-refractivity contribution in [3.05, 3.63) is 0 Å². The third-order valence-electron chi connectivity index (χ3n) is 5.35. The van der Waals surface area contributed by atoms with Gasteiger partial charge in [-0.2, -0.15) is 0 Å². The summed E-state index contributed by atoms with van der Waals surface area (Å²) in [4.78, 5) is 2.61. The molecule has 0 aromatic heterocycles. The van der Waals surface area contributed by atoms with Gasteiger partial charge in [0.1, 0.15) is 0 Å². The minimum atomic E-state index is 0.276. The van der Waals surface area contributed by atoms with Crippen molar-refractivity contribution in [3.63, 3.8) is 0 Å². The monoisotopic (exact) mass is 254 g/mol. The van der Waals surface area contributed by atoms with Gasteiger partial charge < -0.3 is 5.73 Å². The molecular formula is C16H34N2. The summed E-state index contributed by atoms with van der Waals surface area (Å²) in [5.41, 5.74) is 6.46. The third kappa shape index (κ3) is 3.71. The molecule has 1 fully saturated rings. The molecule has 1 saturated carbocycles. The van der Waals surface area contributed by atoms with Gasteiger partial charge in [0.25, 0.3) is 0 Å². The fourth-order valence-electron chi connectivity index (χ4n) is 3.65. The first-order valence-electron chi connectivity index (χ1n) is 8.02. The molecule has 0 radical (unpaired) electrons. The van der Waals surface area contributed by atoms with E-state index in [1.807, 2.05) is 0 Å². The highest BCUT2D eigenvalue weighted by Gasteiger charge is 2.36. The maximum Gasteiger partial charge on any atom is 0.0331 e. The number of nitrogens with zero attached hydrogens (tertiary/aromatic N) is 1. The molecule has 3 atom stereocenters. The van der Waals surface area contributed by atoms with Crippen LogP contribution in [0.2, 0.25) is 0 Å². The van der Waals surface area contributed by atoms with E-state index in [1.165, 1.54) is 51.4 Å². The molecule has 0 aliphatic heterocycles. The molecule has 1 aliphatic carbocycles. The van der Waals surface area contributed by atoms with Crippen LogP contribution in [0.15, 0.2) is 0 Å². The second kappa shape index (κ2) is 7.49. The van der Waals surface area contributed by atoms with E-state index >= 15 is 0 Å². The van der Waals surface area contributed by atoms with Gasteiger partial charge >= 0.3 is 0 Å². The van der Waals surface area contributed by atoms with Crippen LogP contribution < -0.4 is 5.73 Å². The Bertz CT molecular complexity index is 229. The summed E-state index contributed by atoms with van der Waals surface area (Å²) in [6.07, 6.45) is 10.6. The van der Waals surface area contributed by atoms with Crippen molar-refractivity contribution < 1.29 is 0 Å². The summed E-state index contributed by atoms with van der Waals surface area (Å²) in [5.74, 6) is 0.938. The minimum absolute atomic E-state index is 0.276. The number of hydrogen-bond donors (Lipinski definition) is 1. The number of likely N-dealkylation sites (N-methyl/N-ethyl adjacent to an activating group) is 1. The fraction of sp³-hybridized carbons (Fsp3) is 1.00. The Morgan fingerprint density at radius 3 is 2.56 bits per heavy atom. The second-order valence-electron chi connectivity index (χ2n) is 6.38. The smallest absolute Gasteiger partial charge is 0.0331 e. The van der Waals surface area contributed by atoms with Crippen molar-refractivity contribution in [1.82, 2.24) is 4.90 Å². The van der Waals surface area contributed by atoms with Crippen LogP contribution in [-0.4, -0.2) is 30.1 Å². The van der Waals surface area contributed by atoms with Crippen LogP contribution in [0.25, 0.3) is 0 Å². The number of nitrogens with two attached hydrogens (primary N) is 1. The van der Waals surface area contributed by atoms with E-state index in [0.29, 0.717) is 6.04 Å². The molecular weight excluding hydrogens is 220 g/mol. The average Bonchev–Trinajstić information content (AvgIpc) is 2.61. The van der Waals surface area contributed by atoms with Gasteiger partial charge in [-0.05, 0) is 45.6 Å². The summed E-state index contributed by atoms with van der Waals surface area (Å²) >= 11 is 0. The Morgan fingerprint density at radius 2 is 2.00 bits per heavy atom. The van der Waals surface area contributed by atoms with Crippen molar-refractivity contribution in [1.29, 1.82) is 0 Å². The standard InChI is InChI=1S/C16H34N2/c1-5-8-14(3)18(4)16(13-17)11-7-9-15(6-2)10-12-16/h14-15H,5-13,17H2,1-4H3. The average molecular weight is 254 g/mol. The molecule has 0 amide bonds. The van der Waals surface area contributed by atoms with E-state index in [1.54, 1.807) is 0 Å². The van der Waals surface area contributed by atoms with Crippen molar-refractivity contribution in [2.24, 2.45) is 11.7 Å². The minimum Gasteiger partial charge on any atom is -0.329 e. The van der Waals surface area contributed by atoms with E-state index < -0.39 is 0 Å². The summed E-state index contributed by atoms with van der Waals surface area (Å²) < 4.78 is 0. The van der Waals surface area contributed by atoms with Gasteiger partial charge in [0.2, 0.25) is 0 Å². The third-order valence-corrected chi connectivity index (χ3v) is 5.35. The first-order chi connectivity index (χ1) is 8.59. The largest absolute Gasteiger partial charge is 0.329 e. The maximum absolute atomic E-state index is 6.19. The molecule has 2 nitrogen and oxygen atoms in total. The predicted octanol–water partition coefficient (Wildman–Crippen LogP) is 3.79. The number of rotatable bonds is 6. The first kappa shape index (κ1) is 16.0. The predicted molar refractivity (Wildman–Crippen MR) is 80.8 cm³/mol. The zero-order chi connectivity index (χ0) is 13.6. The lowest BCUT2D eigenvalue weighted by Crippen LogP contribution is -2.55. The van der Waals surface area contributed by atoms with E-state index in [2.05, 4.69) is 32.7 Å². The Kier molecular flexibility index (Phi) is 6.65. The molecule has 2 N–H and O–H groups in total. The van der Waals surface area contributed by atoms with Crippen molar-refractivity contribution >= 4 is 0 Å². The van der Waals surface area contributed by atoms with Crippen molar-refractivity contribution in [2.75, 3.05) is 13.6 Å². The molecule has 2 heteroatoms. The van der Waals surface area contributed by atoms with Gasteiger partial charge in [0, 0.05) is 18.1 Å². The molecule has 18 heavy (non-hydrogen) atoms. The summed E-state index contributed by atoms with van der Waals surface area (Å²) in [5, 5.41) is 0. The van der Waals surface area contributed by atoms with E-state index in [0.717, 1.165) is 12.5 Å². The van der Waals surface area contributed by atoms with Gasteiger partial charge in [0.05, 0.1) is 0 Å². The topological polar surface area (TPSA) is 29.3 Å². The Labute approximate surface area is 114 Å². The highest BCUT2D eigenvalue weighted by Crippen LogP contribution is 2.36. The zero-order valence-electron chi connectivity index (χ0n) is 13.0. The fourth-order valence-corrected chi connectivity index (χ4v) is 3.65.